The second kappa shape index (κ2) is 6.18. The zero-order chi connectivity index (χ0) is 13.6. The van der Waals surface area contributed by atoms with E-state index in [0.717, 1.165) is 6.42 Å². The molecular weight excluding hydrogens is 228 g/mol. The van der Waals surface area contributed by atoms with E-state index in [-0.39, 0.29) is 12.5 Å². The van der Waals surface area contributed by atoms with Gasteiger partial charge in [-0.25, -0.2) is 0 Å². The van der Waals surface area contributed by atoms with E-state index in [9.17, 15) is 4.79 Å². The molecule has 2 N–H and O–H groups in total. The van der Waals surface area contributed by atoms with E-state index in [1.165, 1.54) is 0 Å². The summed E-state index contributed by atoms with van der Waals surface area (Å²) < 4.78 is 0. The lowest BCUT2D eigenvalue weighted by atomic mass is 9.94. The number of aliphatic hydroxyl groups is 1. The van der Waals surface area contributed by atoms with Gasteiger partial charge in [0.1, 0.15) is 0 Å². The molecule has 0 aliphatic heterocycles. The van der Waals surface area contributed by atoms with Gasteiger partial charge in [-0.1, -0.05) is 6.92 Å². The Bertz CT molecular complexity index is 448. The number of hydrogen-bond acceptors (Lipinski definition) is 3. The molecule has 0 heterocycles. The standard InChI is InChI=1S/C14H18N2O2/c1-3-14(2,8-9-17)16-13(18)12-6-4-11(10-15)5-7-12/h4-7,17H,3,8-9H2,1-2H3,(H,16,18). The molecule has 1 unspecified atom stereocenters. The van der Waals surface area contributed by atoms with Gasteiger partial charge >= 0.3 is 0 Å². The molecule has 18 heavy (non-hydrogen) atoms. The molecular formula is C14H18N2O2. The van der Waals surface area contributed by atoms with E-state index in [2.05, 4.69) is 5.32 Å². The fraction of sp³-hybridized carbons (Fsp3) is 0.429. The quantitative estimate of drug-likeness (QED) is 0.832. The molecule has 0 saturated heterocycles. The van der Waals surface area contributed by atoms with Crippen molar-refractivity contribution < 1.29 is 9.90 Å². The fourth-order valence-corrected chi connectivity index (χ4v) is 1.62. The van der Waals surface area contributed by atoms with Crippen LogP contribution in [0.2, 0.25) is 0 Å². The number of rotatable bonds is 5. The van der Waals surface area contributed by atoms with Crippen molar-refractivity contribution in [1.29, 1.82) is 5.26 Å². The highest BCUT2D eigenvalue weighted by Gasteiger charge is 2.24. The lowest BCUT2D eigenvalue weighted by molar-refractivity contribution is 0.0886. The number of amides is 1. The van der Waals surface area contributed by atoms with Crippen molar-refractivity contribution in [2.24, 2.45) is 0 Å². The van der Waals surface area contributed by atoms with Crippen molar-refractivity contribution in [3.05, 3.63) is 35.4 Å². The molecule has 0 fully saturated rings. The first kappa shape index (κ1) is 14.2. The van der Waals surface area contributed by atoms with Gasteiger partial charge in [-0.05, 0) is 44.0 Å². The van der Waals surface area contributed by atoms with Crippen LogP contribution in [0.1, 0.15) is 42.6 Å². The molecule has 1 aromatic rings. The van der Waals surface area contributed by atoms with Gasteiger partial charge in [0, 0.05) is 17.7 Å². The van der Waals surface area contributed by atoms with Gasteiger partial charge in [0.25, 0.3) is 5.91 Å². The average Bonchev–Trinajstić information content (AvgIpc) is 2.39. The number of nitrogens with zero attached hydrogens (tertiary/aromatic N) is 1. The Labute approximate surface area is 107 Å². The highest BCUT2D eigenvalue weighted by atomic mass is 16.3. The van der Waals surface area contributed by atoms with E-state index < -0.39 is 5.54 Å². The molecule has 4 nitrogen and oxygen atoms in total. The third kappa shape index (κ3) is 3.57. The number of hydrogen-bond donors (Lipinski definition) is 2. The molecule has 0 bridgehead atoms. The topological polar surface area (TPSA) is 73.1 Å². The number of carbonyl (C=O) groups is 1. The largest absolute Gasteiger partial charge is 0.396 e. The molecule has 0 aromatic heterocycles. The Morgan fingerprint density at radius 1 is 1.44 bits per heavy atom. The number of nitrogens with one attached hydrogen (secondary N) is 1. The van der Waals surface area contributed by atoms with Crippen molar-refractivity contribution in [3.63, 3.8) is 0 Å². The first-order valence-corrected chi connectivity index (χ1v) is 5.98. The maximum atomic E-state index is 12.0. The summed E-state index contributed by atoms with van der Waals surface area (Å²) in [5.74, 6) is -0.183. The summed E-state index contributed by atoms with van der Waals surface area (Å²) in [6, 6.07) is 8.49. The average molecular weight is 246 g/mol. The maximum Gasteiger partial charge on any atom is 0.251 e. The third-order valence-corrected chi connectivity index (χ3v) is 3.14. The van der Waals surface area contributed by atoms with Gasteiger partial charge in [0.2, 0.25) is 0 Å². The van der Waals surface area contributed by atoms with Crippen LogP contribution in [0.3, 0.4) is 0 Å². The first-order valence-electron chi connectivity index (χ1n) is 5.98. The SMILES string of the molecule is CCC(C)(CCO)NC(=O)c1ccc(C#N)cc1. The molecule has 4 heteroatoms. The predicted octanol–water partition coefficient (Wildman–Crippen LogP) is 1.84. The smallest absolute Gasteiger partial charge is 0.251 e. The molecule has 1 atom stereocenters. The second-order valence-electron chi connectivity index (χ2n) is 4.53. The van der Waals surface area contributed by atoms with Crippen molar-refractivity contribution in [1.82, 2.24) is 5.32 Å². The Morgan fingerprint density at radius 3 is 2.50 bits per heavy atom. The number of aliphatic hydroxyl groups excluding tert-OH is 1. The Hall–Kier alpha value is -1.86. The zero-order valence-corrected chi connectivity index (χ0v) is 10.7. The molecule has 1 aromatic carbocycles. The minimum Gasteiger partial charge on any atom is -0.396 e. The highest BCUT2D eigenvalue weighted by Crippen LogP contribution is 2.15. The molecule has 0 aliphatic carbocycles. The minimum absolute atomic E-state index is 0.0397. The highest BCUT2D eigenvalue weighted by molar-refractivity contribution is 5.94. The van der Waals surface area contributed by atoms with Crippen molar-refractivity contribution in [2.75, 3.05) is 6.61 Å². The van der Waals surface area contributed by atoms with E-state index in [4.69, 9.17) is 10.4 Å². The minimum atomic E-state index is -0.403. The van der Waals surface area contributed by atoms with Gasteiger partial charge in [-0.15, -0.1) is 0 Å². The third-order valence-electron chi connectivity index (χ3n) is 3.14. The lowest BCUT2D eigenvalue weighted by Gasteiger charge is -2.29. The van der Waals surface area contributed by atoms with Crippen LogP contribution in [-0.2, 0) is 0 Å². The van der Waals surface area contributed by atoms with Crippen LogP contribution in [0.15, 0.2) is 24.3 Å². The lowest BCUT2D eigenvalue weighted by Crippen LogP contribution is -2.46. The number of carbonyl (C=O) groups excluding carboxylic acids is 1. The molecule has 0 aliphatic rings. The monoisotopic (exact) mass is 246 g/mol. The summed E-state index contributed by atoms with van der Waals surface area (Å²) in [5, 5.41) is 20.6. The summed E-state index contributed by atoms with van der Waals surface area (Å²) in [6.45, 7) is 3.91. The molecule has 1 amide bonds. The zero-order valence-electron chi connectivity index (χ0n) is 10.7. The normalized spacial score (nSPS) is 13.4. The van der Waals surface area contributed by atoms with Crippen LogP contribution in [0, 0.1) is 11.3 Å². The number of benzene rings is 1. The van der Waals surface area contributed by atoms with Crippen LogP contribution in [0.25, 0.3) is 0 Å². The van der Waals surface area contributed by atoms with Crippen LogP contribution >= 0.6 is 0 Å². The summed E-state index contributed by atoms with van der Waals surface area (Å²) >= 11 is 0. The van der Waals surface area contributed by atoms with Crippen molar-refractivity contribution in [2.45, 2.75) is 32.2 Å². The predicted molar refractivity (Wildman–Crippen MR) is 69.0 cm³/mol. The van der Waals surface area contributed by atoms with Crippen LogP contribution < -0.4 is 5.32 Å². The van der Waals surface area contributed by atoms with E-state index in [1.807, 2.05) is 19.9 Å². The second-order valence-corrected chi connectivity index (χ2v) is 4.53. The van der Waals surface area contributed by atoms with E-state index in [1.54, 1.807) is 24.3 Å². The van der Waals surface area contributed by atoms with E-state index >= 15 is 0 Å². The van der Waals surface area contributed by atoms with Gasteiger partial charge in [0.15, 0.2) is 0 Å². The van der Waals surface area contributed by atoms with Crippen molar-refractivity contribution >= 4 is 5.91 Å². The first-order chi connectivity index (χ1) is 8.54. The van der Waals surface area contributed by atoms with Crippen molar-refractivity contribution in [3.8, 4) is 6.07 Å². The molecule has 96 valence electrons. The van der Waals surface area contributed by atoms with Crippen LogP contribution in [-0.4, -0.2) is 23.2 Å². The molecule has 0 saturated carbocycles. The Morgan fingerprint density at radius 2 is 2.06 bits per heavy atom. The van der Waals surface area contributed by atoms with Crippen LogP contribution in [0.4, 0.5) is 0 Å². The summed E-state index contributed by atoms with van der Waals surface area (Å²) in [5.41, 5.74) is 0.645. The van der Waals surface area contributed by atoms with Crippen LogP contribution in [0.5, 0.6) is 0 Å². The Kier molecular flexibility index (Phi) is 4.87. The summed E-state index contributed by atoms with van der Waals surface area (Å²) in [4.78, 5) is 12.0. The maximum absolute atomic E-state index is 12.0. The molecule has 1 rings (SSSR count). The van der Waals surface area contributed by atoms with E-state index in [0.29, 0.717) is 17.5 Å². The number of nitriles is 1. The summed E-state index contributed by atoms with van der Waals surface area (Å²) in [6.07, 6.45) is 1.26. The van der Waals surface area contributed by atoms with Gasteiger partial charge in [-0.3, -0.25) is 4.79 Å². The van der Waals surface area contributed by atoms with Gasteiger partial charge in [0.05, 0.1) is 11.6 Å². The summed E-state index contributed by atoms with van der Waals surface area (Å²) in [7, 11) is 0. The van der Waals surface area contributed by atoms with Gasteiger partial charge in [-0.2, -0.15) is 5.26 Å². The Balaban J connectivity index is 2.78. The fourth-order valence-electron chi connectivity index (χ4n) is 1.62. The molecule has 0 radical (unpaired) electrons. The molecule has 0 spiro atoms. The van der Waals surface area contributed by atoms with Gasteiger partial charge < -0.3 is 10.4 Å².